The summed E-state index contributed by atoms with van der Waals surface area (Å²) < 4.78 is 0. The number of carbonyl (C=O) groups is 1. The van der Waals surface area contributed by atoms with Crippen LogP contribution in [0.15, 0.2) is 18.3 Å². The van der Waals surface area contributed by atoms with Crippen LogP contribution in [0.3, 0.4) is 0 Å². The lowest BCUT2D eigenvalue weighted by atomic mass is 10.1. The van der Waals surface area contributed by atoms with Crippen molar-refractivity contribution < 1.29 is 4.79 Å². The van der Waals surface area contributed by atoms with Crippen molar-refractivity contribution in [2.75, 3.05) is 19.0 Å². The van der Waals surface area contributed by atoms with Gasteiger partial charge < -0.3 is 4.90 Å². The first-order valence-corrected chi connectivity index (χ1v) is 4.77. The maximum Gasteiger partial charge on any atom is 0.137 e. The number of ketones is 1. The number of hydrogen-bond acceptors (Lipinski definition) is 3. The summed E-state index contributed by atoms with van der Waals surface area (Å²) in [6.45, 7) is 1.88. The van der Waals surface area contributed by atoms with Gasteiger partial charge in [0.05, 0.1) is 0 Å². The lowest BCUT2D eigenvalue weighted by Crippen LogP contribution is -2.10. The van der Waals surface area contributed by atoms with Crippen LogP contribution in [0.4, 0.5) is 5.82 Å². The topological polar surface area (TPSA) is 33.2 Å². The largest absolute Gasteiger partial charge is 0.363 e. The summed E-state index contributed by atoms with van der Waals surface area (Å²) in [5.74, 6) is 1.17. The van der Waals surface area contributed by atoms with E-state index in [1.165, 1.54) is 0 Å². The van der Waals surface area contributed by atoms with E-state index in [-0.39, 0.29) is 5.78 Å². The minimum atomic E-state index is 0.254. The Morgan fingerprint density at radius 3 is 2.57 bits per heavy atom. The molecule has 0 atom stereocenters. The number of Topliss-reactive ketones (excluding diaryl/α,β-unsaturated/α-hetero) is 1. The predicted octanol–water partition coefficient (Wildman–Crippen LogP) is 1.67. The molecule has 1 aromatic heterocycles. The van der Waals surface area contributed by atoms with Gasteiger partial charge in [0.15, 0.2) is 0 Å². The van der Waals surface area contributed by atoms with Crippen LogP contribution >= 0.6 is 0 Å². The molecule has 1 rings (SSSR count). The van der Waals surface area contributed by atoms with Gasteiger partial charge in [-0.1, -0.05) is 13.0 Å². The summed E-state index contributed by atoms with van der Waals surface area (Å²) in [5, 5.41) is 0. The molecule has 3 nitrogen and oxygen atoms in total. The minimum Gasteiger partial charge on any atom is -0.363 e. The highest BCUT2D eigenvalue weighted by atomic mass is 16.1. The van der Waals surface area contributed by atoms with E-state index in [9.17, 15) is 4.79 Å². The molecule has 1 heterocycles. The van der Waals surface area contributed by atoms with Gasteiger partial charge in [0.25, 0.3) is 0 Å². The Kier molecular flexibility index (Phi) is 3.63. The van der Waals surface area contributed by atoms with Crippen LogP contribution in [0.5, 0.6) is 0 Å². The van der Waals surface area contributed by atoms with Gasteiger partial charge >= 0.3 is 0 Å². The summed E-state index contributed by atoms with van der Waals surface area (Å²) in [6.07, 6.45) is 2.86. The molecule has 0 saturated heterocycles. The molecule has 3 heteroatoms. The quantitative estimate of drug-likeness (QED) is 0.727. The molecule has 14 heavy (non-hydrogen) atoms. The smallest absolute Gasteiger partial charge is 0.137 e. The van der Waals surface area contributed by atoms with Gasteiger partial charge in [0.2, 0.25) is 0 Å². The number of aromatic nitrogens is 1. The summed E-state index contributed by atoms with van der Waals surface area (Å²) in [5.41, 5.74) is 0.988. The van der Waals surface area contributed by atoms with Gasteiger partial charge in [-0.2, -0.15) is 0 Å². The van der Waals surface area contributed by atoms with Crippen LogP contribution < -0.4 is 4.90 Å². The minimum absolute atomic E-state index is 0.254. The number of carbonyl (C=O) groups excluding carboxylic acids is 1. The molecule has 76 valence electrons. The monoisotopic (exact) mass is 192 g/mol. The van der Waals surface area contributed by atoms with Crippen LogP contribution in [0.2, 0.25) is 0 Å². The molecule has 0 bridgehead atoms. The second-order valence-corrected chi connectivity index (χ2v) is 3.49. The van der Waals surface area contributed by atoms with E-state index >= 15 is 0 Å². The van der Waals surface area contributed by atoms with Crippen molar-refractivity contribution in [1.29, 1.82) is 0 Å². The summed E-state index contributed by atoms with van der Waals surface area (Å²) in [7, 11) is 3.89. The maximum absolute atomic E-state index is 11.2. The number of rotatable bonds is 4. The maximum atomic E-state index is 11.2. The van der Waals surface area contributed by atoms with Gasteiger partial charge in [-0.05, 0) is 11.6 Å². The zero-order valence-electron chi connectivity index (χ0n) is 8.95. The first kappa shape index (κ1) is 10.7. The molecule has 0 unspecified atom stereocenters. The fourth-order valence-electron chi connectivity index (χ4n) is 1.14. The third kappa shape index (κ3) is 2.83. The molecule has 0 saturated carbocycles. The number of pyridine rings is 1. The predicted molar refractivity (Wildman–Crippen MR) is 57.6 cm³/mol. The second-order valence-electron chi connectivity index (χ2n) is 3.49. The average Bonchev–Trinajstić information content (AvgIpc) is 2.18. The fraction of sp³-hybridized carbons (Fsp3) is 0.455. The molecule has 0 N–H and O–H groups in total. The Balaban J connectivity index is 2.69. The molecular weight excluding hydrogens is 176 g/mol. The van der Waals surface area contributed by atoms with E-state index in [2.05, 4.69) is 4.98 Å². The van der Waals surface area contributed by atoms with Crippen LogP contribution in [0.1, 0.15) is 18.9 Å². The van der Waals surface area contributed by atoms with Crippen molar-refractivity contribution in [3.63, 3.8) is 0 Å². The lowest BCUT2D eigenvalue weighted by Gasteiger charge is -2.10. The van der Waals surface area contributed by atoms with Gasteiger partial charge in [0, 0.05) is 33.1 Å². The third-order valence-corrected chi connectivity index (χ3v) is 2.06. The Morgan fingerprint density at radius 2 is 2.14 bits per heavy atom. The molecule has 0 aliphatic rings. The highest BCUT2D eigenvalue weighted by molar-refractivity contribution is 5.80. The summed E-state index contributed by atoms with van der Waals surface area (Å²) in [6, 6.07) is 3.88. The third-order valence-electron chi connectivity index (χ3n) is 2.06. The van der Waals surface area contributed by atoms with Crippen molar-refractivity contribution >= 4 is 11.6 Å². The van der Waals surface area contributed by atoms with E-state index in [4.69, 9.17) is 0 Å². The first-order chi connectivity index (χ1) is 6.63. The number of nitrogens with zero attached hydrogens (tertiary/aromatic N) is 2. The Bertz CT molecular complexity index is 304. The van der Waals surface area contributed by atoms with Gasteiger partial charge in [0.1, 0.15) is 11.6 Å². The molecule has 0 aliphatic carbocycles. The summed E-state index contributed by atoms with van der Waals surface area (Å²) in [4.78, 5) is 17.3. The molecule has 0 radical (unpaired) electrons. The Hall–Kier alpha value is -1.38. The zero-order chi connectivity index (χ0) is 10.6. The fourth-order valence-corrected chi connectivity index (χ4v) is 1.14. The van der Waals surface area contributed by atoms with Crippen LogP contribution in [0.25, 0.3) is 0 Å². The molecule has 0 fully saturated rings. The van der Waals surface area contributed by atoms with Crippen LogP contribution in [-0.2, 0) is 11.2 Å². The van der Waals surface area contributed by atoms with E-state index < -0.39 is 0 Å². The van der Waals surface area contributed by atoms with Crippen LogP contribution in [0, 0.1) is 0 Å². The van der Waals surface area contributed by atoms with Gasteiger partial charge in [-0.3, -0.25) is 4.79 Å². The first-order valence-electron chi connectivity index (χ1n) is 4.77. The molecule has 0 aliphatic heterocycles. The highest BCUT2D eigenvalue weighted by Crippen LogP contribution is 2.08. The normalized spacial score (nSPS) is 9.93. The van der Waals surface area contributed by atoms with E-state index in [1.54, 1.807) is 6.20 Å². The second kappa shape index (κ2) is 4.74. The Labute approximate surface area is 84.8 Å². The zero-order valence-corrected chi connectivity index (χ0v) is 8.95. The standard InChI is InChI=1S/C11H16N2O/c1-4-10(14)7-9-5-6-11(12-8-9)13(2)3/h5-6,8H,4,7H2,1-3H3. The van der Waals surface area contributed by atoms with Crippen molar-refractivity contribution in [3.8, 4) is 0 Å². The molecule has 1 aromatic rings. The molecule has 0 spiro atoms. The van der Waals surface area contributed by atoms with Crippen molar-refractivity contribution in [2.24, 2.45) is 0 Å². The molecular formula is C11H16N2O. The molecule has 0 amide bonds. The van der Waals surface area contributed by atoms with Crippen molar-refractivity contribution in [2.45, 2.75) is 19.8 Å². The SMILES string of the molecule is CCC(=O)Cc1ccc(N(C)C)nc1. The molecule has 0 aromatic carbocycles. The Morgan fingerprint density at radius 1 is 1.43 bits per heavy atom. The summed E-state index contributed by atoms with van der Waals surface area (Å²) >= 11 is 0. The van der Waals surface area contributed by atoms with Crippen molar-refractivity contribution in [1.82, 2.24) is 4.98 Å². The van der Waals surface area contributed by atoms with Crippen LogP contribution in [-0.4, -0.2) is 24.9 Å². The van der Waals surface area contributed by atoms with E-state index in [0.717, 1.165) is 11.4 Å². The number of hydrogen-bond donors (Lipinski definition) is 0. The van der Waals surface area contributed by atoms with Gasteiger partial charge in [-0.15, -0.1) is 0 Å². The average molecular weight is 192 g/mol. The number of anilines is 1. The highest BCUT2D eigenvalue weighted by Gasteiger charge is 2.02. The van der Waals surface area contributed by atoms with Gasteiger partial charge in [-0.25, -0.2) is 4.98 Å². The van der Waals surface area contributed by atoms with E-state index in [0.29, 0.717) is 12.8 Å². The lowest BCUT2D eigenvalue weighted by molar-refractivity contribution is -0.118. The van der Waals surface area contributed by atoms with E-state index in [1.807, 2.05) is 38.1 Å². The van der Waals surface area contributed by atoms with Crippen molar-refractivity contribution in [3.05, 3.63) is 23.9 Å².